The molecule has 0 saturated carbocycles. The fourth-order valence-corrected chi connectivity index (χ4v) is 4.95. The number of thioether (sulfide) groups is 1. The molecule has 0 radical (unpaired) electrons. The summed E-state index contributed by atoms with van der Waals surface area (Å²) in [6.45, 7) is 7.17. The van der Waals surface area contributed by atoms with Crippen molar-refractivity contribution in [3.8, 4) is 0 Å². The molecule has 1 fully saturated rings. The molecule has 4 nitrogen and oxygen atoms in total. The van der Waals surface area contributed by atoms with Gasteiger partial charge < -0.3 is 10.1 Å². The number of nitrogens with one attached hydrogen (secondary N) is 1. The molecule has 1 N–H and O–H groups in total. The van der Waals surface area contributed by atoms with Crippen LogP contribution in [0.15, 0.2) is 29.2 Å². The predicted octanol–water partition coefficient (Wildman–Crippen LogP) is 3.06. The average Bonchev–Trinajstić information content (AvgIpc) is 2.46. The lowest BCUT2D eigenvalue weighted by Gasteiger charge is -2.44. The van der Waals surface area contributed by atoms with Crippen LogP contribution >= 0.6 is 11.8 Å². The van der Waals surface area contributed by atoms with Gasteiger partial charge in [-0.15, -0.1) is 11.8 Å². The van der Waals surface area contributed by atoms with Crippen molar-refractivity contribution in [2.75, 3.05) is 13.1 Å². The van der Waals surface area contributed by atoms with Crippen molar-refractivity contribution in [2.24, 2.45) is 5.92 Å². The van der Waals surface area contributed by atoms with Crippen molar-refractivity contribution in [1.82, 2.24) is 5.32 Å². The molecule has 0 bridgehead atoms. The molecule has 2 aliphatic rings. The van der Waals surface area contributed by atoms with E-state index in [1.807, 2.05) is 45.0 Å². The van der Waals surface area contributed by atoms with Crippen LogP contribution in [0.25, 0.3) is 0 Å². The summed E-state index contributed by atoms with van der Waals surface area (Å²) in [5.41, 5.74) is 0.0603. The lowest BCUT2D eigenvalue weighted by molar-refractivity contribution is -0.159. The summed E-state index contributed by atoms with van der Waals surface area (Å²) in [5, 5.41) is 3.33. The summed E-state index contributed by atoms with van der Waals surface area (Å²) in [7, 11) is 0. The SMILES string of the molecule is CC(C)(C)OC(=O)C1C(=O)c2ccccc2SC12CCNCC2. The van der Waals surface area contributed by atoms with Gasteiger partial charge in [0.05, 0.1) is 0 Å². The number of hydrogen-bond acceptors (Lipinski definition) is 5. The molecule has 23 heavy (non-hydrogen) atoms. The van der Waals surface area contributed by atoms with Gasteiger partial charge >= 0.3 is 5.97 Å². The molecule has 124 valence electrons. The normalized spacial score (nSPS) is 23.4. The number of esters is 1. The molecule has 1 atom stereocenters. The molecule has 0 amide bonds. The van der Waals surface area contributed by atoms with Crippen LogP contribution in [0.2, 0.25) is 0 Å². The number of carbonyl (C=O) groups excluding carboxylic acids is 2. The summed E-state index contributed by atoms with van der Waals surface area (Å²) < 4.78 is 5.21. The second-order valence-corrected chi connectivity index (χ2v) is 8.70. The Morgan fingerprint density at radius 2 is 1.91 bits per heavy atom. The number of ether oxygens (including phenoxy) is 1. The van der Waals surface area contributed by atoms with Crippen LogP contribution in [0.5, 0.6) is 0 Å². The topological polar surface area (TPSA) is 55.4 Å². The number of piperidine rings is 1. The Bertz CT molecular complexity index is 629. The number of ketones is 1. The van der Waals surface area contributed by atoms with Crippen LogP contribution in [0.1, 0.15) is 44.0 Å². The zero-order valence-electron chi connectivity index (χ0n) is 13.8. The van der Waals surface area contributed by atoms with E-state index in [1.165, 1.54) is 0 Å². The van der Waals surface area contributed by atoms with Gasteiger partial charge in [0.15, 0.2) is 5.78 Å². The Kier molecular flexibility index (Phi) is 4.27. The molecule has 3 rings (SSSR count). The Morgan fingerprint density at radius 1 is 1.26 bits per heavy atom. The van der Waals surface area contributed by atoms with E-state index in [2.05, 4.69) is 5.32 Å². The van der Waals surface area contributed by atoms with E-state index in [0.29, 0.717) is 5.56 Å². The van der Waals surface area contributed by atoms with Crippen LogP contribution in [-0.4, -0.2) is 35.2 Å². The minimum atomic E-state index is -0.719. The fourth-order valence-electron chi connectivity index (χ4n) is 3.35. The molecule has 2 aliphatic heterocycles. The lowest BCUT2D eigenvalue weighted by atomic mass is 9.78. The van der Waals surface area contributed by atoms with E-state index < -0.39 is 11.5 Å². The van der Waals surface area contributed by atoms with Crippen LogP contribution in [-0.2, 0) is 9.53 Å². The van der Waals surface area contributed by atoms with Gasteiger partial charge in [0.1, 0.15) is 11.5 Å². The zero-order chi connectivity index (χ0) is 16.7. The van der Waals surface area contributed by atoms with Crippen molar-refractivity contribution in [2.45, 2.75) is 48.9 Å². The van der Waals surface area contributed by atoms with Gasteiger partial charge in [-0.1, -0.05) is 18.2 Å². The maximum Gasteiger partial charge on any atom is 0.318 e. The highest BCUT2D eigenvalue weighted by molar-refractivity contribution is 8.01. The first-order chi connectivity index (χ1) is 10.8. The zero-order valence-corrected chi connectivity index (χ0v) is 14.7. The molecular weight excluding hydrogens is 310 g/mol. The Hall–Kier alpha value is -1.33. The van der Waals surface area contributed by atoms with Gasteiger partial charge in [-0.05, 0) is 52.8 Å². The van der Waals surface area contributed by atoms with Crippen molar-refractivity contribution in [3.63, 3.8) is 0 Å². The van der Waals surface area contributed by atoms with E-state index in [4.69, 9.17) is 4.74 Å². The second kappa shape index (κ2) is 5.95. The first-order valence-electron chi connectivity index (χ1n) is 8.08. The van der Waals surface area contributed by atoms with Crippen LogP contribution in [0, 0.1) is 5.92 Å². The fraction of sp³-hybridized carbons (Fsp3) is 0.556. The number of Topliss-reactive ketones (excluding diaryl/α,β-unsaturated/α-hetero) is 1. The quantitative estimate of drug-likeness (QED) is 0.632. The van der Waals surface area contributed by atoms with E-state index in [9.17, 15) is 9.59 Å². The average molecular weight is 333 g/mol. The molecule has 1 saturated heterocycles. The van der Waals surface area contributed by atoms with E-state index >= 15 is 0 Å². The second-order valence-electron chi connectivity index (χ2n) is 7.24. The van der Waals surface area contributed by atoms with Gasteiger partial charge in [0, 0.05) is 15.2 Å². The highest BCUT2D eigenvalue weighted by Gasteiger charge is 2.53. The smallest absolute Gasteiger partial charge is 0.318 e. The molecule has 1 aromatic rings. The maximum atomic E-state index is 13.1. The molecule has 0 aliphatic carbocycles. The lowest BCUT2D eigenvalue weighted by Crippen LogP contribution is -2.53. The molecule has 5 heteroatoms. The molecule has 1 unspecified atom stereocenters. The number of benzene rings is 1. The molecule has 0 aromatic heterocycles. The van der Waals surface area contributed by atoms with Crippen molar-refractivity contribution >= 4 is 23.5 Å². The van der Waals surface area contributed by atoms with E-state index in [-0.39, 0.29) is 16.5 Å². The van der Waals surface area contributed by atoms with Crippen molar-refractivity contribution in [1.29, 1.82) is 0 Å². The molecular formula is C18H23NO3S. The van der Waals surface area contributed by atoms with Crippen LogP contribution in [0.4, 0.5) is 0 Å². The third-order valence-corrected chi connectivity index (χ3v) is 5.97. The highest BCUT2D eigenvalue weighted by atomic mass is 32.2. The van der Waals surface area contributed by atoms with Crippen LogP contribution < -0.4 is 5.32 Å². The number of fused-ring (bicyclic) bond motifs is 1. The highest BCUT2D eigenvalue weighted by Crippen LogP contribution is 2.51. The van der Waals surface area contributed by atoms with E-state index in [1.54, 1.807) is 11.8 Å². The van der Waals surface area contributed by atoms with Gasteiger partial charge in [-0.2, -0.15) is 0 Å². The van der Waals surface area contributed by atoms with Gasteiger partial charge in [-0.25, -0.2) is 0 Å². The number of rotatable bonds is 1. The first-order valence-corrected chi connectivity index (χ1v) is 8.90. The molecule has 1 spiro atoms. The number of hydrogen-bond donors (Lipinski definition) is 1. The Balaban J connectivity index is 2.02. The van der Waals surface area contributed by atoms with Gasteiger partial charge in [0.25, 0.3) is 0 Å². The first kappa shape index (κ1) is 16.5. The molecule has 2 heterocycles. The third-order valence-electron chi connectivity index (χ3n) is 4.35. The summed E-state index contributed by atoms with van der Waals surface area (Å²) in [6, 6.07) is 7.59. The predicted molar refractivity (Wildman–Crippen MR) is 90.8 cm³/mol. The summed E-state index contributed by atoms with van der Waals surface area (Å²) >= 11 is 1.68. The minimum absolute atomic E-state index is 0.0875. The third kappa shape index (κ3) is 3.17. The van der Waals surface area contributed by atoms with E-state index in [0.717, 1.165) is 30.8 Å². The van der Waals surface area contributed by atoms with Gasteiger partial charge in [0.2, 0.25) is 0 Å². The number of carbonyl (C=O) groups is 2. The standard InChI is InChI=1S/C18H23NO3S/c1-17(2,3)22-16(21)14-15(20)12-6-4-5-7-13(12)23-18(14)8-10-19-11-9-18/h4-7,14,19H,8-11H2,1-3H3. The summed E-state index contributed by atoms with van der Waals surface area (Å²) in [4.78, 5) is 26.9. The Labute approximate surface area is 141 Å². The van der Waals surface area contributed by atoms with Crippen LogP contribution in [0.3, 0.4) is 0 Å². The largest absolute Gasteiger partial charge is 0.459 e. The Morgan fingerprint density at radius 3 is 2.57 bits per heavy atom. The van der Waals surface area contributed by atoms with Crippen molar-refractivity contribution < 1.29 is 14.3 Å². The molecule has 1 aromatic carbocycles. The maximum absolute atomic E-state index is 13.1. The monoisotopic (exact) mass is 333 g/mol. The van der Waals surface area contributed by atoms with Crippen molar-refractivity contribution in [3.05, 3.63) is 29.8 Å². The summed E-state index contributed by atoms with van der Waals surface area (Å²) in [6.07, 6.45) is 1.59. The minimum Gasteiger partial charge on any atom is -0.459 e. The summed E-state index contributed by atoms with van der Waals surface area (Å²) in [5.74, 6) is -1.19. The van der Waals surface area contributed by atoms with Gasteiger partial charge in [-0.3, -0.25) is 9.59 Å².